The molecule has 4 nitrogen and oxygen atoms in total. The molecule has 0 saturated heterocycles. The Bertz CT molecular complexity index is 273. The van der Waals surface area contributed by atoms with Crippen molar-refractivity contribution < 1.29 is 0 Å². The van der Waals surface area contributed by atoms with Gasteiger partial charge in [-0.15, -0.1) is 0 Å². The van der Waals surface area contributed by atoms with Crippen molar-refractivity contribution in [2.75, 3.05) is 39.3 Å². The van der Waals surface area contributed by atoms with Gasteiger partial charge >= 0.3 is 0 Å². The van der Waals surface area contributed by atoms with E-state index in [0.29, 0.717) is 0 Å². The number of nitrogens with zero attached hydrogens (tertiary/aromatic N) is 3. The molecular weight excluding hydrogens is 188 g/mol. The highest BCUT2D eigenvalue weighted by molar-refractivity contribution is 5.32. The molecule has 2 N–H and O–H groups in total. The van der Waals surface area contributed by atoms with Crippen LogP contribution in [0.25, 0.3) is 0 Å². The molecule has 0 atom stereocenters. The van der Waals surface area contributed by atoms with E-state index >= 15 is 0 Å². The Morgan fingerprint density at radius 1 is 1.40 bits per heavy atom. The van der Waals surface area contributed by atoms with Crippen molar-refractivity contribution in [1.82, 2.24) is 9.80 Å². The smallest absolute Gasteiger partial charge is 0.0979 e. The van der Waals surface area contributed by atoms with Crippen LogP contribution in [-0.2, 0) is 0 Å². The topological polar surface area (TPSA) is 56.3 Å². The van der Waals surface area contributed by atoms with Gasteiger partial charge in [-0.25, -0.2) is 0 Å². The van der Waals surface area contributed by atoms with Gasteiger partial charge in [-0.1, -0.05) is 13.8 Å². The molecule has 0 bridgehead atoms. The van der Waals surface area contributed by atoms with Gasteiger partial charge in [0.2, 0.25) is 0 Å². The fraction of sp³-hybridized carbons (Fsp3) is 0.727. The van der Waals surface area contributed by atoms with E-state index in [1.165, 1.54) is 0 Å². The summed E-state index contributed by atoms with van der Waals surface area (Å²) in [7, 11) is 0. The Hall–Kier alpha value is -1.05. The fourth-order valence-corrected chi connectivity index (χ4v) is 1.81. The van der Waals surface area contributed by atoms with Gasteiger partial charge < -0.3 is 10.6 Å². The van der Waals surface area contributed by atoms with E-state index < -0.39 is 0 Å². The van der Waals surface area contributed by atoms with E-state index in [4.69, 9.17) is 11.0 Å². The molecule has 4 heteroatoms. The predicted octanol–water partition coefficient (Wildman–Crippen LogP) is 0.380. The van der Waals surface area contributed by atoms with Crippen molar-refractivity contribution in [1.29, 1.82) is 5.26 Å². The van der Waals surface area contributed by atoms with Crippen molar-refractivity contribution in [3.63, 3.8) is 0 Å². The van der Waals surface area contributed by atoms with Crippen LogP contribution in [0, 0.1) is 11.3 Å². The monoisotopic (exact) mass is 208 g/mol. The first-order valence-corrected chi connectivity index (χ1v) is 5.53. The van der Waals surface area contributed by atoms with Crippen LogP contribution < -0.4 is 5.73 Å². The summed E-state index contributed by atoms with van der Waals surface area (Å²) < 4.78 is 0. The number of hydrogen-bond acceptors (Lipinski definition) is 4. The standard InChI is InChI=1S/C11H20N4/c1-3-14(4-2)5-6-15-8-10(7-12)11(13)9-15/h3-6,8-9,13H2,1-2H3. The summed E-state index contributed by atoms with van der Waals surface area (Å²) in [6.45, 7) is 10.0. The number of hydrogen-bond donors (Lipinski definition) is 1. The maximum absolute atomic E-state index is 8.80. The zero-order valence-corrected chi connectivity index (χ0v) is 9.66. The molecule has 0 spiro atoms. The lowest BCUT2D eigenvalue weighted by molar-refractivity contribution is 0.243. The van der Waals surface area contributed by atoms with Gasteiger partial charge in [0, 0.05) is 31.9 Å². The summed E-state index contributed by atoms with van der Waals surface area (Å²) in [6, 6.07) is 2.16. The average Bonchev–Trinajstić information content (AvgIpc) is 2.60. The van der Waals surface area contributed by atoms with Crippen LogP contribution in [0.15, 0.2) is 11.3 Å². The lowest BCUT2D eigenvalue weighted by Crippen LogP contribution is -2.34. The maximum Gasteiger partial charge on any atom is 0.0979 e. The summed E-state index contributed by atoms with van der Waals surface area (Å²) in [6.07, 6.45) is 0. The van der Waals surface area contributed by atoms with Gasteiger partial charge in [0.05, 0.1) is 11.6 Å². The van der Waals surface area contributed by atoms with E-state index in [-0.39, 0.29) is 0 Å². The molecule has 0 unspecified atom stereocenters. The Balaban J connectivity index is 2.30. The van der Waals surface area contributed by atoms with E-state index in [2.05, 4.69) is 29.7 Å². The van der Waals surface area contributed by atoms with Crippen LogP contribution in [0.4, 0.5) is 0 Å². The minimum absolute atomic E-state index is 0.726. The summed E-state index contributed by atoms with van der Waals surface area (Å²) in [5.74, 6) is 0. The Kier molecular flexibility index (Phi) is 4.60. The van der Waals surface area contributed by atoms with Gasteiger partial charge in [-0.05, 0) is 13.1 Å². The molecule has 0 aromatic heterocycles. The normalized spacial score (nSPS) is 17.5. The van der Waals surface area contributed by atoms with E-state index in [9.17, 15) is 0 Å². The quantitative estimate of drug-likeness (QED) is 0.709. The molecule has 0 amide bonds. The minimum Gasteiger partial charge on any atom is -0.400 e. The van der Waals surface area contributed by atoms with Crippen LogP contribution in [0.5, 0.6) is 0 Å². The van der Waals surface area contributed by atoms with Crippen molar-refractivity contribution in [3.8, 4) is 6.07 Å². The maximum atomic E-state index is 8.80. The Labute approximate surface area is 91.9 Å². The number of likely N-dealkylation sites (N-methyl/N-ethyl adjacent to an activating group) is 1. The van der Waals surface area contributed by atoms with Gasteiger partial charge in [-0.2, -0.15) is 5.26 Å². The SMILES string of the molecule is CCN(CC)CCN1CC(N)=C(C#N)C1. The van der Waals surface area contributed by atoms with Gasteiger partial charge in [-0.3, -0.25) is 4.90 Å². The lowest BCUT2D eigenvalue weighted by atomic mass is 10.3. The zero-order chi connectivity index (χ0) is 11.3. The lowest BCUT2D eigenvalue weighted by Gasteiger charge is -2.22. The third-order valence-corrected chi connectivity index (χ3v) is 2.93. The molecule has 1 heterocycles. The van der Waals surface area contributed by atoms with Crippen molar-refractivity contribution in [3.05, 3.63) is 11.3 Å². The molecule has 84 valence electrons. The molecule has 0 fully saturated rings. The molecule has 15 heavy (non-hydrogen) atoms. The highest BCUT2D eigenvalue weighted by Crippen LogP contribution is 2.11. The predicted molar refractivity (Wildman–Crippen MR) is 61.1 cm³/mol. The number of rotatable bonds is 5. The Morgan fingerprint density at radius 3 is 2.53 bits per heavy atom. The first kappa shape index (κ1) is 12.0. The van der Waals surface area contributed by atoms with Gasteiger partial charge in [0.25, 0.3) is 0 Å². The zero-order valence-electron chi connectivity index (χ0n) is 9.66. The Morgan fingerprint density at radius 2 is 2.07 bits per heavy atom. The number of nitriles is 1. The first-order valence-electron chi connectivity index (χ1n) is 5.53. The van der Waals surface area contributed by atoms with Crippen LogP contribution in [-0.4, -0.2) is 49.1 Å². The summed E-state index contributed by atoms with van der Waals surface area (Å²) in [4.78, 5) is 4.60. The molecule has 0 aromatic rings. The van der Waals surface area contributed by atoms with Crippen molar-refractivity contribution in [2.24, 2.45) is 5.73 Å². The van der Waals surface area contributed by atoms with Crippen LogP contribution in [0.1, 0.15) is 13.8 Å². The summed E-state index contributed by atoms with van der Waals surface area (Å²) >= 11 is 0. The largest absolute Gasteiger partial charge is 0.400 e. The van der Waals surface area contributed by atoms with E-state index in [1.807, 2.05) is 0 Å². The van der Waals surface area contributed by atoms with Crippen LogP contribution in [0.2, 0.25) is 0 Å². The van der Waals surface area contributed by atoms with Crippen LogP contribution >= 0.6 is 0 Å². The highest BCUT2D eigenvalue weighted by Gasteiger charge is 2.19. The molecular formula is C11H20N4. The molecule has 0 saturated carbocycles. The van der Waals surface area contributed by atoms with Crippen molar-refractivity contribution in [2.45, 2.75) is 13.8 Å². The minimum atomic E-state index is 0.726. The molecule has 0 radical (unpaired) electrons. The summed E-state index contributed by atoms with van der Waals surface area (Å²) in [5.41, 5.74) is 7.25. The summed E-state index contributed by atoms with van der Waals surface area (Å²) in [5, 5.41) is 8.80. The highest BCUT2D eigenvalue weighted by atomic mass is 15.2. The average molecular weight is 208 g/mol. The molecule has 0 aromatic carbocycles. The molecule has 1 rings (SSSR count). The van der Waals surface area contributed by atoms with E-state index in [0.717, 1.165) is 50.5 Å². The van der Waals surface area contributed by atoms with Crippen LogP contribution in [0.3, 0.4) is 0 Å². The fourth-order valence-electron chi connectivity index (χ4n) is 1.81. The van der Waals surface area contributed by atoms with Gasteiger partial charge in [0.1, 0.15) is 0 Å². The third kappa shape index (κ3) is 3.22. The first-order chi connectivity index (χ1) is 7.21. The second-order valence-corrected chi connectivity index (χ2v) is 3.85. The second kappa shape index (κ2) is 5.74. The number of nitrogens with two attached hydrogens (primary N) is 1. The van der Waals surface area contributed by atoms with Gasteiger partial charge in [0.15, 0.2) is 0 Å². The molecule has 0 aliphatic carbocycles. The molecule has 1 aliphatic rings. The third-order valence-electron chi connectivity index (χ3n) is 2.93. The van der Waals surface area contributed by atoms with Crippen molar-refractivity contribution >= 4 is 0 Å². The second-order valence-electron chi connectivity index (χ2n) is 3.85. The van der Waals surface area contributed by atoms with E-state index in [1.54, 1.807) is 0 Å². The molecule has 1 aliphatic heterocycles.